The van der Waals surface area contributed by atoms with Crippen molar-refractivity contribution in [2.45, 2.75) is 43.4 Å². The number of para-hydroxylation sites is 1. The molecule has 0 radical (unpaired) electrons. The largest absolute Gasteiger partial charge is 0.336 e. The number of rotatable bonds is 8. The number of benzene rings is 2. The van der Waals surface area contributed by atoms with E-state index in [0.29, 0.717) is 11.7 Å². The summed E-state index contributed by atoms with van der Waals surface area (Å²) in [5.74, 6) is 1.92. The third-order valence-corrected chi connectivity index (χ3v) is 8.00. The number of amides is 1. The lowest BCUT2D eigenvalue weighted by molar-refractivity contribution is -0.128. The first-order valence-electron chi connectivity index (χ1n) is 10.8. The van der Waals surface area contributed by atoms with Crippen LogP contribution in [0, 0.1) is 0 Å². The highest BCUT2D eigenvalue weighted by Crippen LogP contribution is 2.40. The second kappa shape index (κ2) is 9.03. The molecule has 2 aromatic heterocycles. The number of carbonyl (C=O) groups excluding carboxylic acids is 1. The fourth-order valence-electron chi connectivity index (χ4n) is 3.64. The summed E-state index contributed by atoms with van der Waals surface area (Å²) < 4.78 is 3.33. The molecule has 0 aliphatic heterocycles. The first kappa shape index (κ1) is 21.2. The van der Waals surface area contributed by atoms with E-state index in [1.165, 1.54) is 30.2 Å². The molecule has 6 nitrogen and oxygen atoms in total. The second-order valence-electron chi connectivity index (χ2n) is 8.18. The minimum absolute atomic E-state index is 0.0592. The number of thioether (sulfide) groups is 1. The van der Waals surface area contributed by atoms with Crippen LogP contribution >= 0.6 is 23.1 Å². The lowest BCUT2D eigenvalue weighted by Crippen LogP contribution is -2.31. The van der Waals surface area contributed by atoms with Gasteiger partial charge in [-0.25, -0.2) is 4.98 Å². The number of fused-ring (bicyclic) bond motifs is 1. The highest BCUT2D eigenvalue weighted by molar-refractivity contribution is 7.99. The van der Waals surface area contributed by atoms with Crippen molar-refractivity contribution in [1.82, 2.24) is 24.6 Å². The van der Waals surface area contributed by atoms with E-state index in [1.54, 1.807) is 16.2 Å². The van der Waals surface area contributed by atoms with Gasteiger partial charge in [-0.15, -0.1) is 21.5 Å². The summed E-state index contributed by atoms with van der Waals surface area (Å²) in [5.41, 5.74) is 2.19. The van der Waals surface area contributed by atoms with Crippen molar-refractivity contribution >= 4 is 39.2 Å². The molecule has 1 fully saturated rings. The standard InChI is InChI=1S/C24H25N5OS2/c1-16(23-25-19-10-6-7-11-20(19)32-23)28(2)21(30)15-31-24-27-26-22(18-12-13-18)29(24)14-17-8-4-3-5-9-17/h3-11,16,18H,12-15H2,1-2H3/t16-/m1/s1. The minimum Gasteiger partial charge on any atom is -0.336 e. The summed E-state index contributed by atoms with van der Waals surface area (Å²) in [4.78, 5) is 19.5. The van der Waals surface area contributed by atoms with Gasteiger partial charge in [-0.05, 0) is 37.5 Å². The van der Waals surface area contributed by atoms with Crippen LogP contribution in [0.5, 0.6) is 0 Å². The van der Waals surface area contributed by atoms with E-state index >= 15 is 0 Å². The van der Waals surface area contributed by atoms with E-state index in [-0.39, 0.29) is 11.9 Å². The summed E-state index contributed by atoms with van der Waals surface area (Å²) in [5, 5.41) is 10.7. The molecule has 4 aromatic rings. The van der Waals surface area contributed by atoms with E-state index in [1.807, 2.05) is 50.4 Å². The van der Waals surface area contributed by atoms with Gasteiger partial charge in [0.15, 0.2) is 5.16 Å². The highest BCUT2D eigenvalue weighted by atomic mass is 32.2. The van der Waals surface area contributed by atoms with Crippen LogP contribution in [0.1, 0.15) is 48.1 Å². The molecular formula is C24H25N5OS2. The van der Waals surface area contributed by atoms with Gasteiger partial charge < -0.3 is 9.47 Å². The third-order valence-electron chi connectivity index (χ3n) is 5.84. The average molecular weight is 464 g/mol. The fraction of sp³-hybridized carbons (Fsp3) is 0.333. The van der Waals surface area contributed by atoms with Crippen molar-refractivity contribution in [2.75, 3.05) is 12.8 Å². The Morgan fingerprint density at radius 2 is 1.91 bits per heavy atom. The summed E-state index contributed by atoms with van der Waals surface area (Å²) in [7, 11) is 1.85. The maximum Gasteiger partial charge on any atom is 0.233 e. The lowest BCUT2D eigenvalue weighted by atomic mass is 10.2. The van der Waals surface area contributed by atoms with E-state index in [0.717, 1.165) is 32.7 Å². The van der Waals surface area contributed by atoms with Crippen LogP contribution in [0.4, 0.5) is 0 Å². The van der Waals surface area contributed by atoms with Gasteiger partial charge in [-0.2, -0.15) is 0 Å². The normalized spacial score (nSPS) is 14.6. The van der Waals surface area contributed by atoms with Gasteiger partial charge in [0.2, 0.25) is 5.91 Å². The van der Waals surface area contributed by atoms with Crippen LogP contribution < -0.4 is 0 Å². The molecule has 1 aliphatic carbocycles. The Kier molecular flexibility index (Phi) is 5.97. The van der Waals surface area contributed by atoms with Gasteiger partial charge in [-0.3, -0.25) is 4.79 Å². The summed E-state index contributed by atoms with van der Waals surface area (Å²) in [6.07, 6.45) is 2.33. The predicted molar refractivity (Wildman–Crippen MR) is 129 cm³/mol. The monoisotopic (exact) mass is 463 g/mol. The van der Waals surface area contributed by atoms with Crippen LogP contribution in [0.3, 0.4) is 0 Å². The maximum absolute atomic E-state index is 13.0. The fourth-order valence-corrected chi connectivity index (χ4v) is 5.57. The van der Waals surface area contributed by atoms with Crippen molar-refractivity contribution in [3.05, 3.63) is 71.0 Å². The Balaban J connectivity index is 1.28. The predicted octanol–water partition coefficient (Wildman–Crippen LogP) is 5.13. The van der Waals surface area contributed by atoms with Gasteiger partial charge in [0.25, 0.3) is 0 Å². The molecule has 0 N–H and O–H groups in total. The molecule has 0 bridgehead atoms. The summed E-state index contributed by atoms with van der Waals surface area (Å²) in [6.45, 7) is 2.76. The average Bonchev–Trinajstić information content (AvgIpc) is 3.44. The van der Waals surface area contributed by atoms with E-state index in [9.17, 15) is 4.79 Å². The molecule has 0 saturated heterocycles. The Bertz CT molecular complexity index is 1200. The van der Waals surface area contributed by atoms with Gasteiger partial charge >= 0.3 is 0 Å². The molecule has 1 atom stereocenters. The lowest BCUT2D eigenvalue weighted by Gasteiger charge is -2.23. The smallest absolute Gasteiger partial charge is 0.233 e. The second-order valence-corrected chi connectivity index (χ2v) is 10.2. The van der Waals surface area contributed by atoms with Crippen molar-refractivity contribution in [1.29, 1.82) is 0 Å². The number of hydrogen-bond acceptors (Lipinski definition) is 6. The molecular weight excluding hydrogens is 438 g/mol. The first-order valence-corrected chi connectivity index (χ1v) is 12.6. The molecule has 0 unspecified atom stereocenters. The van der Waals surface area contributed by atoms with Gasteiger partial charge in [0.05, 0.1) is 28.6 Å². The van der Waals surface area contributed by atoms with Crippen molar-refractivity contribution < 1.29 is 4.79 Å². The quantitative estimate of drug-likeness (QED) is 0.339. The molecule has 5 rings (SSSR count). The van der Waals surface area contributed by atoms with E-state index in [4.69, 9.17) is 4.98 Å². The first-order chi connectivity index (χ1) is 15.6. The number of nitrogens with zero attached hydrogens (tertiary/aromatic N) is 5. The third kappa shape index (κ3) is 4.42. The number of aromatic nitrogens is 4. The van der Waals surface area contributed by atoms with Crippen LogP contribution in [0.15, 0.2) is 59.8 Å². The molecule has 1 amide bonds. The molecule has 1 saturated carbocycles. The zero-order chi connectivity index (χ0) is 22.1. The molecule has 2 aromatic carbocycles. The molecule has 0 spiro atoms. The zero-order valence-corrected chi connectivity index (χ0v) is 19.8. The minimum atomic E-state index is -0.0790. The molecule has 1 aliphatic rings. The zero-order valence-electron chi connectivity index (χ0n) is 18.1. The Labute approximate surface area is 195 Å². The Hall–Kier alpha value is -2.71. The van der Waals surface area contributed by atoms with E-state index < -0.39 is 0 Å². The van der Waals surface area contributed by atoms with Crippen LogP contribution in [0.25, 0.3) is 10.2 Å². The maximum atomic E-state index is 13.0. The Morgan fingerprint density at radius 1 is 1.16 bits per heavy atom. The van der Waals surface area contributed by atoms with Crippen molar-refractivity contribution in [2.24, 2.45) is 0 Å². The van der Waals surface area contributed by atoms with Gasteiger partial charge in [-0.1, -0.05) is 54.2 Å². The molecule has 8 heteroatoms. The molecule has 32 heavy (non-hydrogen) atoms. The van der Waals surface area contributed by atoms with Crippen molar-refractivity contribution in [3.63, 3.8) is 0 Å². The molecule has 2 heterocycles. The summed E-state index contributed by atoms with van der Waals surface area (Å²) in [6, 6.07) is 18.3. The van der Waals surface area contributed by atoms with Crippen LogP contribution in [-0.4, -0.2) is 43.4 Å². The number of carbonyl (C=O) groups is 1. The molecule has 164 valence electrons. The summed E-state index contributed by atoms with van der Waals surface area (Å²) >= 11 is 3.11. The van der Waals surface area contributed by atoms with Crippen LogP contribution in [0.2, 0.25) is 0 Å². The van der Waals surface area contributed by atoms with Crippen LogP contribution in [-0.2, 0) is 11.3 Å². The Morgan fingerprint density at radius 3 is 2.66 bits per heavy atom. The van der Waals surface area contributed by atoms with Gasteiger partial charge in [0.1, 0.15) is 10.8 Å². The van der Waals surface area contributed by atoms with Crippen molar-refractivity contribution in [3.8, 4) is 0 Å². The number of hydrogen-bond donors (Lipinski definition) is 0. The topological polar surface area (TPSA) is 63.9 Å². The SMILES string of the molecule is C[C@H](c1nc2ccccc2s1)N(C)C(=O)CSc1nnc(C2CC2)n1Cc1ccccc1. The number of thiazole rings is 1. The van der Waals surface area contributed by atoms with E-state index in [2.05, 4.69) is 33.0 Å². The van der Waals surface area contributed by atoms with Gasteiger partial charge in [0, 0.05) is 13.0 Å². The highest BCUT2D eigenvalue weighted by Gasteiger charge is 2.31.